The fourth-order valence-corrected chi connectivity index (χ4v) is 10.2. The van der Waals surface area contributed by atoms with Gasteiger partial charge < -0.3 is 39.1 Å². The standard InChI is InChI=1S/C43H53N3O8/c1-25-7-6-8-32(16-25)46-43-12-10-42(11-13-43)31(18-29-20-37-38(21-33(29)42)52-24-51-37)15-26(2)22-50-36-9-14-44-34-19-30(17-27(3)39(34)36)35(23-49-5)45-41(48)54-28(4)53-40(43)47/h6-9,14,16,20-21,26-28,30-31,35,46H,10-13,15,17-19,22-24H2,1-5H3,(H,45,48)/t26-,27-,28?,30?,31+,35?,42?,43?/m1/s1. The molecule has 11 nitrogen and oxygen atoms in total. The molecule has 1 spiro atoms. The topological polar surface area (TPSA) is 126 Å². The van der Waals surface area contributed by atoms with Crippen LogP contribution in [0, 0.1) is 24.7 Å². The summed E-state index contributed by atoms with van der Waals surface area (Å²) in [7, 11) is 1.62. The van der Waals surface area contributed by atoms with Crippen LogP contribution in [0.4, 0.5) is 10.5 Å². The zero-order valence-corrected chi connectivity index (χ0v) is 32.1. The molecule has 3 unspecified atom stereocenters. The molecule has 1 fully saturated rings. The number of hydrogen-bond acceptors (Lipinski definition) is 10. The molecule has 8 aliphatic rings. The van der Waals surface area contributed by atoms with E-state index in [9.17, 15) is 9.59 Å². The number of carbonyl (C=O) groups excluding carboxylic acids is 2. The van der Waals surface area contributed by atoms with Crippen molar-refractivity contribution >= 4 is 17.7 Å². The van der Waals surface area contributed by atoms with Gasteiger partial charge in [-0.15, -0.1) is 0 Å². The summed E-state index contributed by atoms with van der Waals surface area (Å²) in [5.74, 6) is 2.86. The molecule has 288 valence electrons. The van der Waals surface area contributed by atoms with Crippen molar-refractivity contribution < 1.29 is 38.0 Å². The Morgan fingerprint density at radius 2 is 1.72 bits per heavy atom. The third-order valence-electron chi connectivity index (χ3n) is 12.8. The number of esters is 1. The van der Waals surface area contributed by atoms with Crippen LogP contribution in [0.15, 0.2) is 48.7 Å². The van der Waals surface area contributed by atoms with E-state index in [0.717, 1.165) is 71.9 Å². The van der Waals surface area contributed by atoms with Gasteiger partial charge in [-0.2, -0.15) is 0 Å². The molecule has 6 heterocycles. The van der Waals surface area contributed by atoms with Gasteiger partial charge in [0.1, 0.15) is 11.3 Å². The van der Waals surface area contributed by atoms with Gasteiger partial charge in [0.15, 0.2) is 11.5 Å². The number of ether oxygens (including phenoxy) is 6. The van der Waals surface area contributed by atoms with E-state index in [2.05, 4.69) is 36.6 Å². The number of aryl methyl sites for hydroxylation is 1. The van der Waals surface area contributed by atoms with Gasteiger partial charge in [-0.25, -0.2) is 9.59 Å². The maximum Gasteiger partial charge on any atom is 0.410 e. The normalized spacial score (nSPS) is 31.9. The molecule has 2 aromatic carbocycles. The number of carbonyl (C=O) groups is 2. The molecule has 6 bridgehead atoms. The van der Waals surface area contributed by atoms with Crippen LogP contribution in [0.25, 0.3) is 0 Å². The Labute approximate surface area is 317 Å². The van der Waals surface area contributed by atoms with Crippen molar-refractivity contribution in [3.05, 3.63) is 76.6 Å². The number of methoxy groups -OCH3 is 1. The van der Waals surface area contributed by atoms with Crippen molar-refractivity contribution in [1.29, 1.82) is 0 Å². The summed E-state index contributed by atoms with van der Waals surface area (Å²) >= 11 is 0. The minimum Gasteiger partial charge on any atom is -0.493 e. The second-order valence-corrected chi connectivity index (χ2v) is 16.5. The summed E-state index contributed by atoms with van der Waals surface area (Å²) in [5.41, 5.74) is 5.45. The van der Waals surface area contributed by atoms with Gasteiger partial charge in [-0.1, -0.05) is 26.0 Å². The Morgan fingerprint density at radius 1 is 0.926 bits per heavy atom. The van der Waals surface area contributed by atoms with E-state index in [1.165, 1.54) is 11.1 Å². The van der Waals surface area contributed by atoms with Gasteiger partial charge in [-0.05, 0) is 134 Å². The first-order valence-corrected chi connectivity index (χ1v) is 19.6. The lowest BCUT2D eigenvalue weighted by Crippen LogP contribution is -2.54. The predicted molar refractivity (Wildman–Crippen MR) is 202 cm³/mol. The van der Waals surface area contributed by atoms with Crippen LogP contribution >= 0.6 is 0 Å². The molecule has 11 heteroatoms. The van der Waals surface area contributed by atoms with Gasteiger partial charge in [-0.3, -0.25) is 4.98 Å². The van der Waals surface area contributed by atoms with Gasteiger partial charge in [0, 0.05) is 37.2 Å². The second kappa shape index (κ2) is 14.6. The van der Waals surface area contributed by atoms with E-state index in [0.29, 0.717) is 38.4 Å². The third kappa shape index (κ3) is 6.84. The Morgan fingerprint density at radius 3 is 2.50 bits per heavy atom. The molecule has 3 aliphatic carbocycles. The average Bonchev–Trinajstić information content (AvgIpc) is 3.71. The molecule has 1 aromatic heterocycles. The zero-order chi connectivity index (χ0) is 37.6. The number of alkyl carbamates (subject to hydrolysis) is 1. The maximum atomic E-state index is 14.5. The number of pyridine rings is 1. The fourth-order valence-electron chi connectivity index (χ4n) is 10.2. The Hall–Kier alpha value is -4.51. The van der Waals surface area contributed by atoms with Crippen molar-refractivity contribution in [1.82, 2.24) is 10.3 Å². The number of anilines is 1. The monoisotopic (exact) mass is 739 g/mol. The summed E-state index contributed by atoms with van der Waals surface area (Å²) in [6, 6.07) is 14.1. The van der Waals surface area contributed by atoms with Crippen LogP contribution in [0.2, 0.25) is 0 Å². The van der Waals surface area contributed by atoms with Crippen molar-refractivity contribution in [3.8, 4) is 17.2 Å². The summed E-state index contributed by atoms with van der Waals surface area (Å²) in [4.78, 5) is 32.7. The van der Waals surface area contributed by atoms with Crippen LogP contribution in [-0.2, 0) is 37.3 Å². The Kier molecular flexibility index (Phi) is 9.87. The molecule has 5 aliphatic heterocycles. The number of hydrogen-bond donors (Lipinski definition) is 2. The van der Waals surface area contributed by atoms with Crippen LogP contribution < -0.4 is 24.8 Å². The highest BCUT2D eigenvalue weighted by Gasteiger charge is 2.55. The lowest BCUT2D eigenvalue weighted by molar-refractivity contribution is -0.172. The minimum atomic E-state index is -1.12. The molecular formula is C43H53N3O8. The van der Waals surface area contributed by atoms with E-state index in [4.69, 9.17) is 33.4 Å². The fraction of sp³-hybridized carbons (Fsp3) is 0.558. The molecule has 1 amide bonds. The van der Waals surface area contributed by atoms with Crippen molar-refractivity contribution in [3.63, 3.8) is 0 Å². The quantitative estimate of drug-likeness (QED) is 0.262. The smallest absolute Gasteiger partial charge is 0.410 e. The predicted octanol–water partition coefficient (Wildman–Crippen LogP) is 7.37. The molecule has 3 aromatic rings. The van der Waals surface area contributed by atoms with Crippen LogP contribution in [0.1, 0.15) is 93.2 Å². The van der Waals surface area contributed by atoms with Crippen molar-refractivity contribution in [2.24, 2.45) is 17.8 Å². The lowest BCUT2D eigenvalue weighted by Gasteiger charge is -2.48. The van der Waals surface area contributed by atoms with E-state index in [1.807, 2.05) is 43.5 Å². The summed E-state index contributed by atoms with van der Waals surface area (Å²) < 4.78 is 35.7. The number of rotatable bonds is 4. The van der Waals surface area contributed by atoms with Gasteiger partial charge in [0.05, 0.1) is 19.3 Å². The largest absolute Gasteiger partial charge is 0.493 e. The van der Waals surface area contributed by atoms with E-state index in [1.54, 1.807) is 14.0 Å². The number of nitrogens with one attached hydrogen (secondary N) is 2. The summed E-state index contributed by atoms with van der Waals surface area (Å²) in [6.07, 6.45) is 6.01. The molecular weight excluding hydrogens is 686 g/mol. The van der Waals surface area contributed by atoms with Gasteiger partial charge in [0.2, 0.25) is 13.1 Å². The van der Waals surface area contributed by atoms with E-state index >= 15 is 0 Å². The lowest BCUT2D eigenvalue weighted by atomic mass is 9.59. The molecule has 54 heavy (non-hydrogen) atoms. The summed E-state index contributed by atoms with van der Waals surface area (Å²) in [5, 5.41) is 6.66. The molecule has 2 N–H and O–H groups in total. The van der Waals surface area contributed by atoms with Crippen LogP contribution in [-0.4, -0.2) is 62.0 Å². The van der Waals surface area contributed by atoms with Crippen molar-refractivity contribution in [2.75, 3.05) is 32.4 Å². The maximum absolute atomic E-state index is 14.5. The summed E-state index contributed by atoms with van der Waals surface area (Å²) in [6.45, 7) is 9.23. The average molecular weight is 740 g/mol. The molecule has 6 atom stereocenters. The Bertz CT molecular complexity index is 1890. The van der Waals surface area contributed by atoms with E-state index < -0.39 is 23.9 Å². The number of aromatic nitrogens is 1. The Balaban J connectivity index is 1.15. The van der Waals surface area contributed by atoms with E-state index in [-0.39, 0.29) is 36.0 Å². The molecule has 11 rings (SSSR count). The van der Waals surface area contributed by atoms with Crippen LogP contribution in [0.3, 0.4) is 0 Å². The van der Waals surface area contributed by atoms with Gasteiger partial charge >= 0.3 is 12.1 Å². The first-order valence-electron chi connectivity index (χ1n) is 19.6. The number of benzene rings is 2. The van der Waals surface area contributed by atoms with Crippen molar-refractivity contribution in [2.45, 2.75) is 108 Å². The molecule has 1 saturated carbocycles. The zero-order valence-electron chi connectivity index (χ0n) is 32.1. The molecule has 0 saturated heterocycles. The first-order chi connectivity index (χ1) is 26.1. The number of fused-ring (bicyclic) bond motifs is 2. The van der Waals surface area contributed by atoms with Crippen LogP contribution in [0.5, 0.6) is 17.2 Å². The number of nitrogens with zero attached hydrogens (tertiary/aromatic N) is 1. The second-order valence-electron chi connectivity index (χ2n) is 16.5. The highest BCUT2D eigenvalue weighted by atomic mass is 16.7. The highest BCUT2D eigenvalue weighted by molar-refractivity contribution is 5.85. The minimum absolute atomic E-state index is 0.0585. The highest BCUT2D eigenvalue weighted by Crippen LogP contribution is 2.58. The van der Waals surface area contributed by atoms with Gasteiger partial charge in [0.25, 0.3) is 0 Å². The molecule has 0 radical (unpaired) electrons. The first kappa shape index (κ1) is 36.5. The SMILES string of the molecule is COCC1NC(=O)OC(C)OC(=O)C2(Nc3cccc(C)c3)CCC3(CC2)c2cc4c(cc2C[C@@H]3C[C@@H](C)COc2ccnc3c2[C@H](C)CC1C3)OCO4. The third-order valence-corrected chi connectivity index (χ3v) is 12.8. The number of amides is 1.